The first-order valence-corrected chi connectivity index (χ1v) is 9.67. The number of hydrogen-bond acceptors (Lipinski definition) is 6. The van der Waals surface area contributed by atoms with Gasteiger partial charge in [-0.1, -0.05) is 6.07 Å². The summed E-state index contributed by atoms with van der Waals surface area (Å²) in [4.78, 5) is 22.5. The molecule has 3 rings (SSSR count). The van der Waals surface area contributed by atoms with Gasteiger partial charge in [-0.25, -0.2) is 18.4 Å². The Labute approximate surface area is 146 Å². The maximum Gasteiger partial charge on any atom is 0.254 e. The van der Waals surface area contributed by atoms with Crippen LogP contribution in [0.3, 0.4) is 0 Å². The van der Waals surface area contributed by atoms with Gasteiger partial charge in [0.1, 0.15) is 0 Å². The zero-order chi connectivity index (χ0) is 17.9. The van der Waals surface area contributed by atoms with E-state index in [0.717, 1.165) is 0 Å². The van der Waals surface area contributed by atoms with E-state index in [9.17, 15) is 13.2 Å². The van der Waals surface area contributed by atoms with Crippen LogP contribution in [0.2, 0.25) is 0 Å². The minimum Gasteiger partial charge on any atom is -0.336 e. The molecule has 0 saturated carbocycles. The molecular formula is C16H19N5O3S. The maximum absolute atomic E-state index is 12.7. The molecule has 1 saturated heterocycles. The third kappa shape index (κ3) is 4.31. The van der Waals surface area contributed by atoms with Crippen LogP contribution < -0.4 is 5.32 Å². The summed E-state index contributed by atoms with van der Waals surface area (Å²) >= 11 is 0. The molecule has 1 N–H and O–H groups in total. The molecule has 2 aromatic rings. The Morgan fingerprint density at radius 1 is 1.08 bits per heavy atom. The van der Waals surface area contributed by atoms with E-state index in [1.165, 1.54) is 10.6 Å². The van der Waals surface area contributed by atoms with Gasteiger partial charge in [-0.15, -0.1) is 0 Å². The van der Waals surface area contributed by atoms with Crippen LogP contribution in [-0.4, -0.2) is 65.9 Å². The summed E-state index contributed by atoms with van der Waals surface area (Å²) in [5.41, 5.74) is 1.25. The maximum atomic E-state index is 12.7. The second-order valence-electron chi connectivity index (χ2n) is 5.73. The van der Waals surface area contributed by atoms with E-state index in [0.29, 0.717) is 43.4 Å². The van der Waals surface area contributed by atoms with E-state index in [-0.39, 0.29) is 5.91 Å². The minimum absolute atomic E-state index is 0.120. The van der Waals surface area contributed by atoms with Gasteiger partial charge in [0.15, 0.2) is 0 Å². The Bertz CT molecular complexity index is 849. The molecular weight excluding hydrogens is 342 g/mol. The molecule has 0 spiro atoms. The number of amides is 1. The summed E-state index contributed by atoms with van der Waals surface area (Å²) in [6, 6.07) is 8.81. The summed E-state index contributed by atoms with van der Waals surface area (Å²) in [5.74, 6) is 0.333. The lowest BCUT2D eigenvalue weighted by Crippen LogP contribution is -2.50. The molecule has 1 aromatic carbocycles. The number of nitrogens with one attached hydrogen (secondary N) is 1. The van der Waals surface area contributed by atoms with Crippen LogP contribution in [-0.2, 0) is 10.0 Å². The smallest absolute Gasteiger partial charge is 0.254 e. The van der Waals surface area contributed by atoms with Gasteiger partial charge in [0.05, 0.1) is 6.26 Å². The average Bonchev–Trinajstić information content (AvgIpc) is 2.61. The first kappa shape index (κ1) is 17.3. The van der Waals surface area contributed by atoms with Crippen molar-refractivity contribution in [3.63, 3.8) is 0 Å². The van der Waals surface area contributed by atoms with E-state index in [1.807, 2.05) is 6.07 Å². The second-order valence-corrected chi connectivity index (χ2v) is 7.71. The van der Waals surface area contributed by atoms with E-state index >= 15 is 0 Å². The quantitative estimate of drug-likeness (QED) is 0.871. The monoisotopic (exact) mass is 361 g/mol. The number of aromatic nitrogens is 2. The van der Waals surface area contributed by atoms with E-state index < -0.39 is 10.0 Å². The number of benzene rings is 1. The van der Waals surface area contributed by atoms with E-state index in [4.69, 9.17) is 0 Å². The minimum atomic E-state index is -3.21. The summed E-state index contributed by atoms with van der Waals surface area (Å²) < 4.78 is 24.5. The van der Waals surface area contributed by atoms with Crippen molar-refractivity contribution in [2.75, 3.05) is 37.8 Å². The zero-order valence-electron chi connectivity index (χ0n) is 13.8. The molecule has 0 unspecified atom stereocenters. The molecule has 1 aliphatic rings. The molecule has 9 heteroatoms. The number of piperazine rings is 1. The Hall–Kier alpha value is -2.52. The topological polar surface area (TPSA) is 95.5 Å². The second kappa shape index (κ2) is 7.16. The van der Waals surface area contributed by atoms with Crippen LogP contribution in [0.1, 0.15) is 10.4 Å². The van der Waals surface area contributed by atoms with Crippen molar-refractivity contribution in [2.24, 2.45) is 0 Å². The highest BCUT2D eigenvalue weighted by atomic mass is 32.2. The van der Waals surface area contributed by atoms with Gasteiger partial charge in [0, 0.05) is 49.8 Å². The predicted molar refractivity (Wildman–Crippen MR) is 94.1 cm³/mol. The number of sulfonamides is 1. The molecule has 8 nitrogen and oxygen atoms in total. The molecule has 25 heavy (non-hydrogen) atoms. The van der Waals surface area contributed by atoms with Gasteiger partial charge in [0.25, 0.3) is 5.91 Å². The molecule has 0 aliphatic carbocycles. The number of carbonyl (C=O) groups excluding carboxylic acids is 1. The van der Waals surface area contributed by atoms with Crippen molar-refractivity contribution in [3.05, 3.63) is 48.3 Å². The highest BCUT2D eigenvalue weighted by Gasteiger charge is 2.26. The molecule has 0 atom stereocenters. The first-order valence-electron chi connectivity index (χ1n) is 7.82. The lowest BCUT2D eigenvalue weighted by molar-refractivity contribution is 0.0698. The molecule has 0 radical (unpaired) electrons. The fourth-order valence-electron chi connectivity index (χ4n) is 2.63. The summed E-state index contributed by atoms with van der Waals surface area (Å²) in [7, 11) is -3.21. The van der Waals surface area contributed by atoms with Crippen LogP contribution >= 0.6 is 0 Å². The fraction of sp³-hybridized carbons (Fsp3) is 0.312. The van der Waals surface area contributed by atoms with Crippen molar-refractivity contribution in [2.45, 2.75) is 0 Å². The standard InChI is InChI=1S/C16H19N5O3S/c1-25(23,24)21-10-8-20(9-11-21)15(22)13-4-2-5-14(12-13)19-16-17-6-3-7-18-16/h2-7,12H,8-11H2,1H3,(H,17,18,19). The van der Waals surface area contributed by atoms with Crippen molar-refractivity contribution in [3.8, 4) is 0 Å². The van der Waals surface area contributed by atoms with Gasteiger partial charge in [-0.3, -0.25) is 4.79 Å². The van der Waals surface area contributed by atoms with Gasteiger partial charge >= 0.3 is 0 Å². The summed E-state index contributed by atoms with van der Waals surface area (Å²) in [6.07, 6.45) is 4.45. The Kier molecular flexibility index (Phi) is 4.95. The molecule has 1 aliphatic heterocycles. The third-order valence-electron chi connectivity index (χ3n) is 3.93. The van der Waals surface area contributed by atoms with Crippen molar-refractivity contribution in [1.29, 1.82) is 0 Å². The number of nitrogens with zero attached hydrogens (tertiary/aromatic N) is 4. The molecule has 0 bridgehead atoms. The van der Waals surface area contributed by atoms with E-state index in [2.05, 4.69) is 15.3 Å². The van der Waals surface area contributed by atoms with Gasteiger partial charge in [-0.05, 0) is 24.3 Å². The van der Waals surface area contributed by atoms with Crippen LogP contribution in [0.5, 0.6) is 0 Å². The zero-order valence-corrected chi connectivity index (χ0v) is 14.6. The number of hydrogen-bond donors (Lipinski definition) is 1. The Morgan fingerprint density at radius 3 is 2.40 bits per heavy atom. The Balaban J connectivity index is 1.68. The highest BCUT2D eigenvalue weighted by molar-refractivity contribution is 7.88. The number of rotatable bonds is 4. The van der Waals surface area contributed by atoms with Crippen molar-refractivity contribution in [1.82, 2.24) is 19.2 Å². The largest absolute Gasteiger partial charge is 0.336 e. The lowest BCUT2D eigenvalue weighted by Gasteiger charge is -2.33. The van der Waals surface area contributed by atoms with Crippen molar-refractivity contribution >= 4 is 27.6 Å². The fourth-order valence-corrected chi connectivity index (χ4v) is 3.45. The molecule has 2 heterocycles. The third-order valence-corrected chi connectivity index (χ3v) is 5.23. The number of anilines is 2. The first-order chi connectivity index (χ1) is 11.9. The number of carbonyl (C=O) groups is 1. The van der Waals surface area contributed by atoms with Crippen molar-refractivity contribution < 1.29 is 13.2 Å². The predicted octanol–water partition coefficient (Wildman–Crippen LogP) is 0.938. The highest BCUT2D eigenvalue weighted by Crippen LogP contribution is 2.17. The molecule has 1 aromatic heterocycles. The lowest BCUT2D eigenvalue weighted by atomic mass is 10.1. The summed E-state index contributed by atoms with van der Waals surface area (Å²) in [5, 5.41) is 3.05. The average molecular weight is 361 g/mol. The van der Waals surface area contributed by atoms with Crippen LogP contribution in [0.25, 0.3) is 0 Å². The van der Waals surface area contributed by atoms with Crippen LogP contribution in [0, 0.1) is 0 Å². The van der Waals surface area contributed by atoms with Gasteiger partial charge in [-0.2, -0.15) is 4.31 Å². The molecule has 1 fully saturated rings. The van der Waals surface area contributed by atoms with Gasteiger partial charge in [0.2, 0.25) is 16.0 Å². The molecule has 132 valence electrons. The van der Waals surface area contributed by atoms with E-state index in [1.54, 1.807) is 41.6 Å². The van der Waals surface area contributed by atoms with Crippen LogP contribution in [0.15, 0.2) is 42.7 Å². The van der Waals surface area contributed by atoms with Gasteiger partial charge < -0.3 is 10.2 Å². The Morgan fingerprint density at radius 2 is 1.76 bits per heavy atom. The normalized spacial score (nSPS) is 15.8. The SMILES string of the molecule is CS(=O)(=O)N1CCN(C(=O)c2cccc(Nc3ncccn3)c2)CC1. The summed E-state index contributed by atoms with van der Waals surface area (Å²) in [6.45, 7) is 1.40. The molecule has 1 amide bonds. The van der Waals surface area contributed by atoms with Crippen LogP contribution in [0.4, 0.5) is 11.6 Å².